The summed E-state index contributed by atoms with van der Waals surface area (Å²) in [6.45, 7) is 0. The molecule has 0 aromatic heterocycles. The van der Waals surface area contributed by atoms with Crippen molar-refractivity contribution in [1.82, 2.24) is 0 Å². The third-order valence-corrected chi connectivity index (χ3v) is 8.61. The first kappa shape index (κ1) is 31.2. The first-order chi connectivity index (χ1) is 24.2. The molecular formula is C47H37NO. The van der Waals surface area contributed by atoms with E-state index in [2.05, 4.69) is 175 Å². The van der Waals surface area contributed by atoms with Gasteiger partial charge in [-0.15, -0.1) is 0 Å². The quantitative estimate of drug-likeness (QED) is 0.152. The van der Waals surface area contributed by atoms with Crippen LogP contribution in [0.2, 0.25) is 0 Å². The monoisotopic (exact) mass is 631 g/mol. The molecule has 0 fully saturated rings. The zero-order chi connectivity index (χ0) is 33.3. The number of rotatable bonds is 10. The summed E-state index contributed by atoms with van der Waals surface area (Å²) >= 11 is 0. The van der Waals surface area contributed by atoms with E-state index >= 15 is 0 Å². The van der Waals surface area contributed by atoms with E-state index in [-0.39, 0.29) is 0 Å². The van der Waals surface area contributed by atoms with Crippen LogP contribution in [0.15, 0.2) is 188 Å². The second-order valence-corrected chi connectivity index (χ2v) is 11.9. The summed E-state index contributed by atoms with van der Waals surface area (Å²) in [5.41, 5.74) is 13.8. The molecule has 0 radical (unpaired) electrons. The zero-order valence-electron chi connectivity index (χ0n) is 27.5. The molecule has 2 heteroatoms. The number of hydrogen-bond acceptors (Lipinski definition) is 2. The standard InChI is InChI=1S/C47H37NO/c1-49-45-31-27-42(28-32-45)47(40-13-7-3-8-14-40)33-35-17-21-37(22-18-35)38-23-25-41(26-24-38)46(39-11-5-2-6-12-39)34-36-19-29-44(30-20-36)48-43-15-9-4-10-16-43/h2-34,48H,1H3. The Morgan fingerprint density at radius 2 is 0.755 bits per heavy atom. The van der Waals surface area contributed by atoms with Crippen molar-refractivity contribution < 1.29 is 4.74 Å². The van der Waals surface area contributed by atoms with Crippen LogP contribution < -0.4 is 10.1 Å². The van der Waals surface area contributed by atoms with Gasteiger partial charge in [-0.2, -0.15) is 0 Å². The summed E-state index contributed by atoms with van der Waals surface area (Å²) in [7, 11) is 1.70. The van der Waals surface area contributed by atoms with Gasteiger partial charge in [0.1, 0.15) is 5.75 Å². The number of hydrogen-bond donors (Lipinski definition) is 1. The molecule has 7 aromatic carbocycles. The van der Waals surface area contributed by atoms with Crippen molar-refractivity contribution in [3.8, 4) is 16.9 Å². The van der Waals surface area contributed by atoms with E-state index in [0.717, 1.165) is 33.8 Å². The molecule has 49 heavy (non-hydrogen) atoms. The fourth-order valence-electron chi connectivity index (χ4n) is 5.97. The summed E-state index contributed by atoms with van der Waals surface area (Å²) < 4.78 is 5.39. The van der Waals surface area contributed by atoms with Crippen molar-refractivity contribution in [3.05, 3.63) is 221 Å². The average molecular weight is 632 g/mol. The zero-order valence-corrected chi connectivity index (χ0v) is 27.5. The maximum atomic E-state index is 5.39. The fourth-order valence-corrected chi connectivity index (χ4v) is 5.97. The van der Waals surface area contributed by atoms with E-state index in [0.29, 0.717) is 0 Å². The Morgan fingerprint density at radius 1 is 0.388 bits per heavy atom. The second kappa shape index (κ2) is 15.0. The molecule has 7 rings (SSSR count). The molecule has 2 nitrogen and oxygen atoms in total. The molecular weight excluding hydrogens is 595 g/mol. The van der Waals surface area contributed by atoms with Gasteiger partial charge in [0.05, 0.1) is 7.11 Å². The van der Waals surface area contributed by atoms with E-state index < -0.39 is 0 Å². The number of benzene rings is 7. The van der Waals surface area contributed by atoms with Gasteiger partial charge in [-0.1, -0.05) is 152 Å². The molecule has 0 saturated heterocycles. The molecule has 7 aromatic rings. The lowest BCUT2D eigenvalue weighted by molar-refractivity contribution is 0.415. The van der Waals surface area contributed by atoms with Crippen molar-refractivity contribution in [2.45, 2.75) is 0 Å². The predicted molar refractivity (Wildman–Crippen MR) is 208 cm³/mol. The number of ether oxygens (including phenoxy) is 1. The van der Waals surface area contributed by atoms with Gasteiger partial charge in [0, 0.05) is 11.4 Å². The maximum absolute atomic E-state index is 5.39. The van der Waals surface area contributed by atoms with E-state index in [4.69, 9.17) is 4.74 Å². The van der Waals surface area contributed by atoms with Gasteiger partial charge in [-0.25, -0.2) is 0 Å². The summed E-state index contributed by atoms with van der Waals surface area (Å²) in [6.07, 6.45) is 4.52. The smallest absolute Gasteiger partial charge is 0.118 e. The lowest BCUT2D eigenvalue weighted by atomic mass is 9.93. The number of nitrogens with one attached hydrogen (secondary N) is 1. The summed E-state index contributed by atoms with van der Waals surface area (Å²) in [6, 6.07) is 65.9. The van der Waals surface area contributed by atoms with E-state index in [9.17, 15) is 0 Å². The normalized spacial score (nSPS) is 11.6. The molecule has 1 N–H and O–H groups in total. The molecule has 0 unspecified atom stereocenters. The highest BCUT2D eigenvalue weighted by Crippen LogP contribution is 2.31. The van der Waals surface area contributed by atoms with Gasteiger partial charge in [0.15, 0.2) is 0 Å². The van der Waals surface area contributed by atoms with Crippen LogP contribution in [0.5, 0.6) is 5.75 Å². The number of anilines is 2. The molecule has 0 amide bonds. The highest BCUT2D eigenvalue weighted by molar-refractivity contribution is 5.93. The Balaban J connectivity index is 1.14. The van der Waals surface area contributed by atoms with Crippen LogP contribution in [0.25, 0.3) is 34.4 Å². The minimum atomic E-state index is 0.851. The van der Waals surface area contributed by atoms with Crippen molar-refractivity contribution >= 4 is 34.7 Å². The van der Waals surface area contributed by atoms with E-state index in [1.165, 1.54) is 39.0 Å². The van der Waals surface area contributed by atoms with Crippen LogP contribution in [0.4, 0.5) is 11.4 Å². The Kier molecular flexibility index (Phi) is 9.57. The maximum Gasteiger partial charge on any atom is 0.118 e. The van der Waals surface area contributed by atoms with Gasteiger partial charge in [-0.3, -0.25) is 0 Å². The molecule has 0 spiro atoms. The molecule has 236 valence electrons. The van der Waals surface area contributed by atoms with E-state index in [1.807, 2.05) is 30.3 Å². The number of para-hydroxylation sites is 1. The predicted octanol–water partition coefficient (Wildman–Crippen LogP) is 12.3. The molecule has 0 saturated carbocycles. The van der Waals surface area contributed by atoms with Gasteiger partial charge in [0.2, 0.25) is 0 Å². The molecule has 0 heterocycles. The highest BCUT2D eigenvalue weighted by Gasteiger charge is 2.09. The van der Waals surface area contributed by atoms with Crippen LogP contribution in [0, 0.1) is 0 Å². The third-order valence-electron chi connectivity index (χ3n) is 8.61. The fraction of sp³-hybridized carbons (Fsp3) is 0.0213. The van der Waals surface area contributed by atoms with Gasteiger partial charge >= 0.3 is 0 Å². The van der Waals surface area contributed by atoms with Gasteiger partial charge < -0.3 is 10.1 Å². The van der Waals surface area contributed by atoms with Gasteiger partial charge in [-0.05, 0) is 104 Å². The van der Waals surface area contributed by atoms with Crippen molar-refractivity contribution in [2.24, 2.45) is 0 Å². The first-order valence-electron chi connectivity index (χ1n) is 16.5. The molecule has 0 atom stereocenters. The van der Waals surface area contributed by atoms with Crippen LogP contribution in [0.3, 0.4) is 0 Å². The minimum absolute atomic E-state index is 0.851. The molecule has 0 bridgehead atoms. The van der Waals surface area contributed by atoms with Crippen LogP contribution in [0.1, 0.15) is 33.4 Å². The van der Waals surface area contributed by atoms with E-state index in [1.54, 1.807) is 7.11 Å². The summed E-state index contributed by atoms with van der Waals surface area (Å²) in [5.74, 6) is 0.851. The van der Waals surface area contributed by atoms with Crippen molar-refractivity contribution in [2.75, 3.05) is 12.4 Å². The Labute approximate surface area is 289 Å². The Bertz CT molecular complexity index is 2150. The summed E-state index contributed by atoms with van der Waals surface area (Å²) in [4.78, 5) is 0. The Hall–Kier alpha value is -6.38. The second-order valence-electron chi connectivity index (χ2n) is 11.9. The Morgan fingerprint density at radius 3 is 1.22 bits per heavy atom. The van der Waals surface area contributed by atoms with Crippen LogP contribution >= 0.6 is 0 Å². The minimum Gasteiger partial charge on any atom is -0.497 e. The first-order valence-corrected chi connectivity index (χ1v) is 16.5. The number of methoxy groups -OCH3 is 1. The topological polar surface area (TPSA) is 21.3 Å². The van der Waals surface area contributed by atoms with Crippen molar-refractivity contribution in [1.29, 1.82) is 0 Å². The highest BCUT2D eigenvalue weighted by atomic mass is 16.5. The third kappa shape index (κ3) is 7.78. The van der Waals surface area contributed by atoms with Gasteiger partial charge in [0.25, 0.3) is 0 Å². The van der Waals surface area contributed by atoms with Crippen LogP contribution in [-0.4, -0.2) is 7.11 Å². The van der Waals surface area contributed by atoms with Crippen molar-refractivity contribution in [3.63, 3.8) is 0 Å². The lowest BCUT2D eigenvalue weighted by Crippen LogP contribution is -1.91. The molecule has 0 aliphatic carbocycles. The average Bonchev–Trinajstić information content (AvgIpc) is 3.18. The largest absolute Gasteiger partial charge is 0.497 e. The molecule has 0 aliphatic heterocycles. The SMILES string of the molecule is COc1ccc(C(=Cc2ccc(-c3ccc(C(=Cc4ccc(Nc5ccccc5)cc4)c4ccccc4)cc3)cc2)c2ccccc2)cc1. The summed E-state index contributed by atoms with van der Waals surface area (Å²) in [5, 5.41) is 3.47. The van der Waals surface area contributed by atoms with Crippen LogP contribution in [-0.2, 0) is 0 Å². The molecule has 0 aliphatic rings. The lowest BCUT2D eigenvalue weighted by Gasteiger charge is -2.12.